The Morgan fingerprint density at radius 2 is 1.89 bits per heavy atom. The molecule has 2 unspecified atom stereocenters. The summed E-state index contributed by atoms with van der Waals surface area (Å²) in [6.07, 6.45) is 1.49. The predicted octanol–water partition coefficient (Wildman–Crippen LogP) is 1.94. The van der Waals surface area contributed by atoms with E-state index in [1.54, 1.807) is 50.2 Å². The number of H-pyrrole nitrogens is 1. The van der Waals surface area contributed by atoms with Crippen LogP contribution >= 0.6 is 0 Å². The van der Waals surface area contributed by atoms with Crippen LogP contribution in [0.3, 0.4) is 0 Å². The Balaban J connectivity index is 2.35. The highest BCUT2D eigenvalue weighted by Gasteiger charge is 2.38. The Morgan fingerprint density at radius 3 is 2.46 bits per heavy atom. The van der Waals surface area contributed by atoms with Gasteiger partial charge in [0.25, 0.3) is 0 Å². The van der Waals surface area contributed by atoms with Crippen LogP contribution in [0.5, 0.6) is 0 Å². The van der Waals surface area contributed by atoms with Crippen LogP contribution in [0.15, 0.2) is 47.4 Å². The fourth-order valence-electron chi connectivity index (χ4n) is 3.16. The number of anilines is 1. The largest absolute Gasteiger partial charge is 0.616 e. The van der Waals surface area contributed by atoms with Gasteiger partial charge in [-0.25, -0.2) is 13.4 Å². The lowest BCUT2D eigenvalue weighted by Crippen LogP contribution is -2.35. The second-order valence-corrected chi connectivity index (χ2v) is 10.9. The maximum atomic E-state index is 13.0. The summed E-state index contributed by atoms with van der Waals surface area (Å²) in [5.74, 6) is -0.0116. The van der Waals surface area contributed by atoms with Crippen LogP contribution < -0.4 is 5.73 Å². The molecule has 0 saturated carbocycles. The van der Waals surface area contributed by atoms with E-state index < -0.39 is 31.9 Å². The molecule has 0 saturated heterocycles. The molecule has 0 fully saturated rings. The van der Waals surface area contributed by atoms with Gasteiger partial charge in [-0.1, -0.05) is 41.5 Å². The summed E-state index contributed by atoms with van der Waals surface area (Å²) in [4.78, 5) is 6.95. The van der Waals surface area contributed by atoms with E-state index in [9.17, 15) is 18.1 Å². The van der Waals surface area contributed by atoms with Crippen molar-refractivity contribution in [1.29, 1.82) is 0 Å². The summed E-state index contributed by atoms with van der Waals surface area (Å²) in [6, 6.07) is 11.8. The molecule has 1 aromatic heterocycles. The second-order valence-electron chi connectivity index (χ2n) is 7.03. The monoisotopic (exact) mass is 421 g/mol. The van der Waals surface area contributed by atoms with Crippen LogP contribution in [0.1, 0.15) is 25.0 Å². The molecule has 0 spiro atoms. The lowest BCUT2D eigenvalue weighted by Gasteiger charge is -2.29. The van der Waals surface area contributed by atoms with E-state index in [1.807, 2.05) is 0 Å². The molecule has 0 amide bonds. The zero-order valence-corrected chi connectivity index (χ0v) is 17.5. The molecule has 0 aliphatic heterocycles. The lowest BCUT2D eigenvalue weighted by atomic mass is 9.88. The minimum Gasteiger partial charge on any atom is -0.616 e. The average Bonchev–Trinajstić information content (AvgIpc) is 3.00. The third-order valence-corrected chi connectivity index (χ3v) is 7.63. The summed E-state index contributed by atoms with van der Waals surface area (Å²) in [6.45, 7) is 3.16. The van der Waals surface area contributed by atoms with E-state index >= 15 is 0 Å². The summed E-state index contributed by atoms with van der Waals surface area (Å²) >= 11 is -1.35. The van der Waals surface area contributed by atoms with E-state index in [1.165, 1.54) is 12.3 Å². The fraction of sp³-hybridized carbons (Fsp3) is 0.316. The van der Waals surface area contributed by atoms with Crippen molar-refractivity contribution in [3.05, 3.63) is 53.6 Å². The van der Waals surface area contributed by atoms with Gasteiger partial charge in [-0.15, -0.1) is 0 Å². The van der Waals surface area contributed by atoms with E-state index in [2.05, 4.69) is 9.97 Å². The topological polar surface area (TPSA) is 132 Å². The molecule has 28 heavy (non-hydrogen) atoms. The zero-order chi connectivity index (χ0) is 20.7. The fourth-order valence-corrected chi connectivity index (χ4v) is 5.30. The van der Waals surface area contributed by atoms with Crippen molar-refractivity contribution >= 4 is 38.0 Å². The zero-order valence-electron chi connectivity index (χ0n) is 15.8. The van der Waals surface area contributed by atoms with Crippen LogP contribution in [0.2, 0.25) is 0 Å². The number of imidazole rings is 1. The van der Waals surface area contributed by atoms with Gasteiger partial charge in [0.15, 0.2) is 21.4 Å². The number of rotatable bonds is 6. The molecule has 9 heteroatoms. The van der Waals surface area contributed by atoms with Crippen LogP contribution in [0.4, 0.5) is 5.95 Å². The van der Waals surface area contributed by atoms with Crippen LogP contribution in [-0.2, 0) is 26.6 Å². The molecule has 0 radical (unpaired) electrons. The molecule has 2 atom stereocenters. The van der Waals surface area contributed by atoms with E-state index in [-0.39, 0.29) is 22.1 Å². The first-order valence-corrected chi connectivity index (χ1v) is 11.9. The minimum absolute atomic E-state index is 0.0146. The van der Waals surface area contributed by atoms with Gasteiger partial charge in [-0.05, 0) is 37.1 Å². The Kier molecular flexibility index (Phi) is 5.46. The highest BCUT2D eigenvalue weighted by atomic mass is 32.2. The number of sulfone groups is 1. The second kappa shape index (κ2) is 7.40. The number of hydrogen-bond donors (Lipinski definition) is 3. The van der Waals surface area contributed by atoms with Gasteiger partial charge in [-0.3, -0.25) is 0 Å². The maximum Gasteiger partial charge on any atom is 0.198 e. The van der Waals surface area contributed by atoms with Gasteiger partial charge in [0.05, 0.1) is 21.9 Å². The summed E-state index contributed by atoms with van der Waals surface area (Å²) in [7, 11) is -3.71. The van der Waals surface area contributed by atoms with Crippen LogP contribution in [-0.4, -0.2) is 45.3 Å². The van der Waals surface area contributed by atoms with E-state index in [0.717, 1.165) is 0 Å². The van der Waals surface area contributed by atoms with E-state index in [4.69, 9.17) is 5.73 Å². The molecule has 0 aliphatic carbocycles. The van der Waals surface area contributed by atoms with Gasteiger partial charge >= 0.3 is 0 Å². The average molecular weight is 422 g/mol. The first kappa shape index (κ1) is 20.7. The molecule has 0 aliphatic rings. The summed E-state index contributed by atoms with van der Waals surface area (Å²) in [5, 5.41) is 10.9. The number of hydrogen-bond acceptors (Lipinski definition) is 6. The van der Waals surface area contributed by atoms with Gasteiger partial charge in [-0.2, -0.15) is 0 Å². The normalized spacial score (nSPS) is 15.6. The third kappa shape index (κ3) is 3.62. The third-order valence-electron chi connectivity index (χ3n) is 4.64. The minimum atomic E-state index is -3.71. The van der Waals surface area contributed by atoms with Crippen LogP contribution in [0.25, 0.3) is 11.0 Å². The number of benzene rings is 2. The molecule has 150 valence electrons. The summed E-state index contributed by atoms with van der Waals surface area (Å²) in [5.41, 5.74) is 5.56. The number of aromatic nitrogens is 2. The Morgan fingerprint density at radius 1 is 1.25 bits per heavy atom. The van der Waals surface area contributed by atoms with Crippen molar-refractivity contribution in [3.63, 3.8) is 0 Å². The molecule has 0 bridgehead atoms. The van der Waals surface area contributed by atoms with Crippen molar-refractivity contribution in [1.82, 2.24) is 9.97 Å². The van der Waals surface area contributed by atoms with Gasteiger partial charge in [0.2, 0.25) is 0 Å². The Bertz CT molecular complexity index is 1100. The molecule has 7 nitrogen and oxygen atoms in total. The highest BCUT2D eigenvalue weighted by Crippen LogP contribution is 2.36. The standard InChI is InChI=1S/C19H23N3O4S2/c1-12(2)28(25,26)16-10-14(9-15-17(16)22-18(20)21-15)19(23,11-27(3)24)13-7-5-4-6-8-13/h4-10,12,23H,11H2,1-3H3,(H3,20,21,22). The Hall–Kier alpha value is -2.07. The number of nitrogen functional groups attached to an aromatic ring is 1. The molecule has 1 heterocycles. The van der Waals surface area contributed by atoms with Crippen molar-refractivity contribution in [2.24, 2.45) is 0 Å². The molecule has 2 aromatic carbocycles. The highest BCUT2D eigenvalue weighted by molar-refractivity contribution is 7.92. The smallest absolute Gasteiger partial charge is 0.198 e. The maximum absolute atomic E-state index is 13.0. The van der Waals surface area contributed by atoms with Crippen molar-refractivity contribution in [2.75, 3.05) is 17.7 Å². The van der Waals surface area contributed by atoms with Gasteiger partial charge in [0.1, 0.15) is 11.3 Å². The first-order chi connectivity index (χ1) is 13.1. The van der Waals surface area contributed by atoms with Crippen molar-refractivity contribution in [3.8, 4) is 0 Å². The first-order valence-electron chi connectivity index (χ1n) is 8.67. The predicted molar refractivity (Wildman–Crippen MR) is 111 cm³/mol. The molecule has 3 rings (SSSR count). The SMILES string of the molecule is CC(C)S(=O)(=O)c1cc(C(O)(C[S+](C)[O-])c2ccccc2)cc2[nH]c(N)nc12. The quantitative estimate of drug-likeness (QED) is 0.521. The Labute approximate surface area is 167 Å². The molecular weight excluding hydrogens is 398 g/mol. The van der Waals surface area contributed by atoms with Gasteiger partial charge < -0.3 is 20.4 Å². The number of aromatic amines is 1. The number of fused-ring (bicyclic) bond motifs is 1. The lowest BCUT2D eigenvalue weighted by molar-refractivity contribution is 0.105. The molecular formula is C19H23N3O4S2. The molecule has 3 aromatic rings. The van der Waals surface area contributed by atoms with Crippen molar-refractivity contribution < 1.29 is 18.1 Å². The summed E-state index contributed by atoms with van der Waals surface area (Å²) < 4.78 is 38.0. The number of aliphatic hydroxyl groups is 1. The van der Waals surface area contributed by atoms with Crippen LogP contribution in [0, 0.1) is 0 Å². The van der Waals surface area contributed by atoms with Crippen molar-refractivity contribution in [2.45, 2.75) is 29.6 Å². The number of nitrogens with two attached hydrogens (primary N) is 1. The van der Waals surface area contributed by atoms with Gasteiger partial charge in [0, 0.05) is 0 Å². The van der Waals surface area contributed by atoms with E-state index in [0.29, 0.717) is 16.6 Å². The molecule has 4 N–H and O–H groups in total. The number of nitrogens with zero attached hydrogens (tertiary/aromatic N) is 1. The number of nitrogens with one attached hydrogen (secondary N) is 1.